The van der Waals surface area contributed by atoms with Crippen LogP contribution in [0.15, 0.2) is 30.3 Å². The average molecular weight is 590 g/mol. The van der Waals surface area contributed by atoms with E-state index in [1.807, 2.05) is 19.9 Å². The van der Waals surface area contributed by atoms with Gasteiger partial charge in [-0.05, 0) is 86.8 Å². The zero-order chi connectivity index (χ0) is 30.1. The molecule has 5 aliphatic heterocycles. The lowest BCUT2D eigenvalue weighted by molar-refractivity contribution is 0.0696. The molecule has 5 aliphatic rings. The monoisotopic (exact) mass is 589 g/mol. The molecular formula is C38H41N2O4+. The van der Waals surface area contributed by atoms with Gasteiger partial charge in [-0.15, -0.1) is 0 Å². The van der Waals surface area contributed by atoms with Crippen molar-refractivity contribution in [2.45, 2.75) is 78.1 Å². The highest BCUT2D eigenvalue weighted by Gasteiger charge is 2.36. The van der Waals surface area contributed by atoms with Crippen molar-refractivity contribution in [2.24, 2.45) is 5.92 Å². The molecule has 5 heterocycles. The number of rotatable bonds is 4. The minimum absolute atomic E-state index is 0.0246. The summed E-state index contributed by atoms with van der Waals surface area (Å²) in [6.45, 7) is 8.09. The predicted molar refractivity (Wildman–Crippen MR) is 172 cm³/mol. The van der Waals surface area contributed by atoms with Crippen molar-refractivity contribution < 1.29 is 19.4 Å². The zero-order valence-electron chi connectivity index (χ0n) is 25.9. The van der Waals surface area contributed by atoms with E-state index in [2.05, 4.69) is 21.6 Å². The maximum absolute atomic E-state index is 13.3. The third kappa shape index (κ3) is 4.24. The van der Waals surface area contributed by atoms with Gasteiger partial charge >= 0.3 is 5.97 Å². The first kappa shape index (κ1) is 27.6. The van der Waals surface area contributed by atoms with Crippen molar-refractivity contribution in [3.05, 3.63) is 85.4 Å². The number of carbonyl (C=O) groups excluding carboxylic acids is 1. The Bertz CT molecular complexity index is 1890. The number of aromatic carboxylic acids is 1. The van der Waals surface area contributed by atoms with Crippen LogP contribution in [0.1, 0.15) is 106 Å². The summed E-state index contributed by atoms with van der Waals surface area (Å²) in [6.07, 6.45) is 10.7. The summed E-state index contributed by atoms with van der Waals surface area (Å²) in [7, 11) is 0. The first-order valence-electron chi connectivity index (χ1n) is 16.8. The van der Waals surface area contributed by atoms with E-state index in [9.17, 15) is 14.7 Å². The van der Waals surface area contributed by atoms with Gasteiger partial charge in [-0.1, -0.05) is 19.9 Å². The summed E-state index contributed by atoms with van der Waals surface area (Å²) in [6, 6.07) is 9.80. The van der Waals surface area contributed by atoms with E-state index < -0.39 is 5.97 Å². The van der Waals surface area contributed by atoms with Crippen molar-refractivity contribution >= 4 is 23.0 Å². The topological polar surface area (TPSA) is 69.9 Å². The van der Waals surface area contributed by atoms with Crippen LogP contribution in [0.5, 0.6) is 11.5 Å². The third-order valence-corrected chi connectivity index (χ3v) is 10.5. The summed E-state index contributed by atoms with van der Waals surface area (Å²) in [5, 5.41) is 12.9. The summed E-state index contributed by atoms with van der Waals surface area (Å²) in [5.41, 5.74) is 9.89. The van der Waals surface area contributed by atoms with Crippen LogP contribution in [0.25, 0.3) is 5.57 Å². The molecule has 3 aromatic rings. The highest BCUT2D eigenvalue weighted by Crippen LogP contribution is 2.48. The van der Waals surface area contributed by atoms with Crippen molar-refractivity contribution in [1.82, 2.24) is 4.58 Å². The molecule has 3 aromatic carbocycles. The van der Waals surface area contributed by atoms with Gasteiger partial charge in [0.25, 0.3) is 0 Å². The number of carboxylic acids is 1. The number of aryl methyl sites for hydroxylation is 2. The summed E-state index contributed by atoms with van der Waals surface area (Å²) in [4.78, 5) is 28.7. The van der Waals surface area contributed by atoms with Gasteiger partial charge < -0.3 is 14.7 Å². The number of anilines is 1. The van der Waals surface area contributed by atoms with E-state index in [0.29, 0.717) is 11.1 Å². The van der Waals surface area contributed by atoms with E-state index in [4.69, 9.17) is 4.74 Å². The molecule has 0 amide bonds. The molecule has 44 heavy (non-hydrogen) atoms. The second kappa shape index (κ2) is 10.6. The molecule has 0 spiro atoms. The molecule has 0 bridgehead atoms. The summed E-state index contributed by atoms with van der Waals surface area (Å²) < 4.78 is 9.74. The molecule has 0 saturated carbocycles. The van der Waals surface area contributed by atoms with E-state index in [-0.39, 0.29) is 17.3 Å². The predicted octanol–water partition coefficient (Wildman–Crippen LogP) is 5.44. The Kier molecular flexibility index (Phi) is 6.65. The number of Topliss-reactive ketones (excluding diaryl/α,β-unsaturated/α-hetero) is 1. The maximum atomic E-state index is 13.3. The average Bonchev–Trinajstić information content (AvgIpc) is 3.37. The highest BCUT2D eigenvalue weighted by atomic mass is 16.5. The number of ether oxygens (including phenoxy) is 1. The number of ketones is 1. The number of hydrogen-bond acceptors (Lipinski definition) is 4. The Labute approximate surface area is 258 Å². The molecule has 1 N–H and O–H groups in total. The van der Waals surface area contributed by atoms with E-state index in [1.54, 1.807) is 12.1 Å². The first-order chi connectivity index (χ1) is 21.4. The van der Waals surface area contributed by atoms with Gasteiger partial charge in [-0.2, -0.15) is 0 Å². The number of nitrogens with zero attached hydrogens (tertiary/aromatic N) is 2. The standard InChI is InChI=1S/C38H40N2O4/c1-22(2)35(41)25-13-14-26(38(42)43)29(21-25)32-30-19-23-9-3-5-15-39-17-7-11-27(33(23)39)36(30)44-37-28-12-8-18-40-16-6-4-10-24(34(28)40)20-31(32)37/h13-14,19-22H,3-12,15-18H2,1-2H3/p+1. The Morgan fingerprint density at radius 3 is 2.43 bits per heavy atom. The van der Waals surface area contributed by atoms with Gasteiger partial charge in [0.15, 0.2) is 5.78 Å². The molecule has 8 rings (SSSR count). The quantitative estimate of drug-likeness (QED) is 0.254. The number of carbonyl (C=O) groups is 2. The highest BCUT2D eigenvalue weighted by molar-refractivity contribution is 6.03. The molecule has 6 nitrogen and oxygen atoms in total. The van der Waals surface area contributed by atoms with Crippen LogP contribution in [-0.4, -0.2) is 43.0 Å². The molecular weight excluding hydrogens is 548 g/mol. The number of fused-ring (bicyclic) bond motifs is 4. The SMILES string of the molecule is CC(C)C(=O)c1ccc(C(=O)O)c(C2=c3cc4c5c(c3Oc3c2cc2c6c3CCCN6CCCC2)CCC[N+]=5CCCC4)c1. The number of carboxylic acid groups (broad SMARTS) is 1. The van der Waals surface area contributed by atoms with Crippen molar-refractivity contribution in [1.29, 1.82) is 0 Å². The smallest absolute Gasteiger partial charge is 0.336 e. The fourth-order valence-electron chi connectivity index (χ4n) is 8.54. The van der Waals surface area contributed by atoms with Crippen molar-refractivity contribution in [3.8, 4) is 11.5 Å². The molecule has 0 radical (unpaired) electrons. The van der Waals surface area contributed by atoms with Gasteiger partial charge in [0, 0.05) is 70.6 Å². The zero-order valence-corrected chi connectivity index (χ0v) is 25.9. The van der Waals surface area contributed by atoms with E-state index >= 15 is 0 Å². The minimum atomic E-state index is -0.977. The number of hydrogen-bond donors (Lipinski definition) is 1. The molecule has 0 aliphatic carbocycles. The van der Waals surface area contributed by atoms with Crippen molar-refractivity contribution in [2.75, 3.05) is 31.1 Å². The van der Waals surface area contributed by atoms with Crippen LogP contribution >= 0.6 is 0 Å². The molecule has 0 saturated heterocycles. The van der Waals surface area contributed by atoms with Crippen LogP contribution in [0.3, 0.4) is 0 Å². The molecule has 6 heteroatoms. The lowest BCUT2D eigenvalue weighted by Gasteiger charge is -2.35. The van der Waals surface area contributed by atoms with Crippen LogP contribution in [0.4, 0.5) is 5.69 Å². The van der Waals surface area contributed by atoms with Gasteiger partial charge in [-0.3, -0.25) is 4.79 Å². The second-order valence-corrected chi connectivity index (χ2v) is 13.6. The Hall–Kier alpha value is -3.93. The first-order valence-corrected chi connectivity index (χ1v) is 16.8. The summed E-state index contributed by atoms with van der Waals surface area (Å²) in [5.74, 6) is 0.662. The van der Waals surface area contributed by atoms with Crippen LogP contribution in [0.2, 0.25) is 0 Å². The molecule has 0 aromatic heterocycles. The van der Waals surface area contributed by atoms with E-state index in [0.717, 1.165) is 105 Å². The van der Waals surface area contributed by atoms with Crippen LogP contribution < -0.4 is 24.8 Å². The lowest BCUT2D eigenvalue weighted by Crippen LogP contribution is -2.41. The maximum Gasteiger partial charge on any atom is 0.336 e. The van der Waals surface area contributed by atoms with Gasteiger partial charge in [0.1, 0.15) is 24.6 Å². The third-order valence-electron chi connectivity index (χ3n) is 10.5. The Morgan fingerprint density at radius 2 is 1.59 bits per heavy atom. The van der Waals surface area contributed by atoms with Gasteiger partial charge in [0.2, 0.25) is 5.36 Å². The second-order valence-electron chi connectivity index (χ2n) is 13.6. The molecule has 0 unspecified atom stereocenters. The van der Waals surface area contributed by atoms with Gasteiger partial charge in [-0.25, -0.2) is 9.37 Å². The lowest BCUT2D eigenvalue weighted by atomic mass is 9.82. The fraction of sp³-hybridized carbons (Fsp3) is 0.447. The normalized spacial score (nSPS) is 18.4. The van der Waals surface area contributed by atoms with Crippen molar-refractivity contribution in [3.63, 3.8) is 0 Å². The fourth-order valence-corrected chi connectivity index (χ4v) is 8.54. The Morgan fingerprint density at radius 1 is 0.818 bits per heavy atom. The van der Waals surface area contributed by atoms with E-state index in [1.165, 1.54) is 46.1 Å². The van der Waals surface area contributed by atoms with Crippen LogP contribution in [0, 0.1) is 5.92 Å². The summed E-state index contributed by atoms with van der Waals surface area (Å²) >= 11 is 0. The minimum Gasteiger partial charge on any atom is -0.478 e. The largest absolute Gasteiger partial charge is 0.478 e. The molecule has 0 fully saturated rings. The van der Waals surface area contributed by atoms with Gasteiger partial charge in [0.05, 0.1) is 11.1 Å². The van der Waals surface area contributed by atoms with Crippen LogP contribution in [-0.2, 0) is 25.7 Å². The number of benzene rings is 3. The Balaban J connectivity index is 1.53. The molecule has 0 atom stereocenters. The molecule has 226 valence electrons.